The second kappa shape index (κ2) is 7.85. The highest BCUT2D eigenvalue weighted by atomic mass is 16.5. The molecule has 0 bridgehead atoms. The van der Waals surface area contributed by atoms with E-state index >= 15 is 0 Å². The van der Waals surface area contributed by atoms with Gasteiger partial charge in [0.2, 0.25) is 0 Å². The van der Waals surface area contributed by atoms with Crippen molar-refractivity contribution in [2.75, 3.05) is 20.3 Å². The van der Waals surface area contributed by atoms with Gasteiger partial charge in [-0.3, -0.25) is 0 Å². The molecule has 0 aliphatic carbocycles. The van der Waals surface area contributed by atoms with E-state index in [-0.39, 0.29) is 5.92 Å². The van der Waals surface area contributed by atoms with E-state index in [1.165, 1.54) is 16.7 Å². The highest BCUT2D eigenvalue weighted by Crippen LogP contribution is 2.24. The van der Waals surface area contributed by atoms with Crippen molar-refractivity contribution in [3.8, 4) is 11.5 Å². The molecule has 0 amide bonds. The molecule has 0 aromatic heterocycles. The quantitative estimate of drug-likeness (QED) is 0.845. The third-order valence-electron chi connectivity index (χ3n) is 3.90. The summed E-state index contributed by atoms with van der Waals surface area (Å²) < 4.78 is 11.2. The summed E-state index contributed by atoms with van der Waals surface area (Å²) in [6, 6.07) is 14.3. The van der Waals surface area contributed by atoms with Gasteiger partial charge in [-0.25, -0.2) is 0 Å². The predicted molar refractivity (Wildman–Crippen MR) is 90.8 cm³/mol. The van der Waals surface area contributed by atoms with Gasteiger partial charge in [-0.15, -0.1) is 0 Å². The summed E-state index contributed by atoms with van der Waals surface area (Å²) in [4.78, 5) is 0. The zero-order chi connectivity index (χ0) is 15.9. The lowest BCUT2D eigenvalue weighted by atomic mass is 9.96. The van der Waals surface area contributed by atoms with Crippen LogP contribution in [0.5, 0.6) is 11.5 Å². The Balaban J connectivity index is 1.96. The van der Waals surface area contributed by atoms with Gasteiger partial charge in [0.05, 0.1) is 13.7 Å². The van der Waals surface area contributed by atoms with Gasteiger partial charge in [-0.1, -0.05) is 29.8 Å². The van der Waals surface area contributed by atoms with Gasteiger partial charge in [0, 0.05) is 0 Å². The lowest BCUT2D eigenvalue weighted by molar-refractivity contribution is 0.296. The van der Waals surface area contributed by atoms with E-state index in [1.807, 2.05) is 18.2 Å². The summed E-state index contributed by atoms with van der Waals surface area (Å²) in [6.07, 6.45) is 0.886. The van der Waals surface area contributed by atoms with Gasteiger partial charge in [0.25, 0.3) is 0 Å². The van der Waals surface area contributed by atoms with Crippen LogP contribution in [0.25, 0.3) is 0 Å². The van der Waals surface area contributed by atoms with Crippen LogP contribution in [-0.2, 0) is 0 Å². The fourth-order valence-electron chi connectivity index (χ4n) is 2.59. The Hall–Kier alpha value is -2.00. The van der Waals surface area contributed by atoms with Crippen molar-refractivity contribution in [2.45, 2.75) is 26.2 Å². The van der Waals surface area contributed by atoms with Crippen LogP contribution in [0.1, 0.15) is 29.0 Å². The van der Waals surface area contributed by atoms with E-state index in [4.69, 9.17) is 15.2 Å². The Morgan fingerprint density at radius 3 is 2.59 bits per heavy atom. The van der Waals surface area contributed by atoms with Gasteiger partial charge in [0.1, 0.15) is 11.5 Å². The zero-order valence-corrected chi connectivity index (χ0v) is 13.6. The van der Waals surface area contributed by atoms with Gasteiger partial charge < -0.3 is 15.2 Å². The first-order valence-electron chi connectivity index (χ1n) is 7.68. The number of ether oxygens (including phenoxy) is 2. The van der Waals surface area contributed by atoms with Crippen molar-refractivity contribution in [3.63, 3.8) is 0 Å². The summed E-state index contributed by atoms with van der Waals surface area (Å²) in [6.45, 7) is 5.42. The highest BCUT2D eigenvalue weighted by molar-refractivity contribution is 5.35. The molecule has 1 unspecified atom stereocenters. The second-order valence-corrected chi connectivity index (χ2v) is 5.62. The maximum absolute atomic E-state index is 5.93. The number of benzene rings is 2. The smallest absolute Gasteiger partial charge is 0.122 e. The molecule has 3 nitrogen and oxygen atoms in total. The third-order valence-corrected chi connectivity index (χ3v) is 3.90. The highest BCUT2D eigenvalue weighted by Gasteiger charge is 2.11. The van der Waals surface area contributed by atoms with Crippen molar-refractivity contribution in [1.82, 2.24) is 0 Å². The minimum absolute atomic E-state index is 0.279. The Bertz CT molecular complexity index is 610. The number of aryl methyl sites for hydroxylation is 2. The molecule has 1 atom stereocenters. The first-order chi connectivity index (χ1) is 10.6. The van der Waals surface area contributed by atoms with Crippen LogP contribution >= 0.6 is 0 Å². The van der Waals surface area contributed by atoms with E-state index < -0.39 is 0 Å². The Morgan fingerprint density at radius 2 is 1.91 bits per heavy atom. The van der Waals surface area contributed by atoms with Gasteiger partial charge in [-0.05, 0) is 62.1 Å². The molecule has 2 N–H and O–H groups in total. The van der Waals surface area contributed by atoms with Gasteiger partial charge in [0.15, 0.2) is 0 Å². The molecule has 22 heavy (non-hydrogen) atoms. The molecule has 0 saturated carbocycles. The summed E-state index contributed by atoms with van der Waals surface area (Å²) in [5.74, 6) is 2.10. The summed E-state index contributed by atoms with van der Waals surface area (Å²) >= 11 is 0. The number of hydrogen-bond acceptors (Lipinski definition) is 3. The molecule has 0 aliphatic heterocycles. The topological polar surface area (TPSA) is 44.5 Å². The van der Waals surface area contributed by atoms with Crippen LogP contribution in [-0.4, -0.2) is 20.3 Å². The number of rotatable bonds is 7. The SMILES string of the molecule is COc1cccc(C(CN)CCOc2ccc(C)cc2C)c1. The first-order valence-corrected chi connectivity index (χ1v) is 7.68. The van der Waals surface area contributed by atoms with E-state index in [1.54, 1.807) is 7.11 Å². The summed E-state index contributed by atoms with van der Waals surface area (Å²) in [7, 11) is 1.68. The molecule has 0 aliphatic rings. The average Bonchev–Trinajstić information content (AvgIpc) is 2.53. The predicted octanol–water partition coefficient (Wildman–Crippen LogP) is 3.82. The molecule has 2 rings (SSSR count). The average molecular weight is 299 g/mol. The summed E-state index contributed by atoms with van der Waals surface area (Å²) in [5, 5.41) is 0. The van der Waals surface area contributed by atoms with Gasteiger partial charge in [-0.2, -0.15) is 0 Å². The van der Waals surface area contributed by atoms with Crippen LogP contribution in [0.3, 0.4) is 0 Å². The van der Waals surface area contributed by atoms with Crippen LogP contribution in [0.15, 0.2) is 42.5 Å². The lowest BCUT2D eigenvalue weighted by Gasteiger charge is -2.17. The molecule has 0 heterocycles. The number of nitrogens with two attached hydrogens (primary N) is 1. The van der Waals surface area contributed by atoms with Crippen LogP contribution in [0.2, 0.25) is 0 Å². The minimum atomic E-state index is 0.279. The molecular weight excluding hydrogens is 274 g/mol. The van der Waals surface area contributed by atoms with Crippen LogP contribution in [0.4, 0.5) is 0 Å². The van der Waals surface area contributed by atoms with Crippen LogP contribution in [0, 0.1) is 13.8 Å². The van der Waals surface area contributed by atoms with E-state index in [2.05, 4.69) is 38.1 Å². The first kappa shape index (κ1) is 16.4. The van der Waals surface area contributed by atoms with Crippen molar-refractivity contribution in [3.05, 3.63) is 59.2 Å². The maximum Gasteiger partial charge on any atom is 0.122 e. The Kier molecular flexibility index (Phi) is 5.84. The van der Waals surface area contributed by atoms with Crippen molar-refractivity contribution < 1.29 is 9.47 Å². The third kappa shape index (κ3) is 4.25. The van der Waals surface area contributed by atoms with E-state index in [9.17, 15) is 0 Å². The molecule has 0 spiro atoms. The molecule has 0 saturated heterocycles. The summed E-state index contributed by atoms with van der Waals surface area (Å²) in [5.41, 5.74) is 9.55. The van der Waals surface area contributed by atoms with Crippen molar-refractivity contribution >= 4 is 0 Å². The molecule has 2 aromatic rings. The lowest BCUT2D eigenvalue weighted by Crippen LogP contribution is -2.15. The fourth-order valence-corrected chi connectivity index (χ4v) is 2.59. The fraction of sp³-hybridized carbons (Fsp3) is 0.368. The van der Waals surface area contributed by atoms with Crippen LogP contribution < -0.4 is 15.2 Å². The second-order valence-electron chi connectivity index (χ2n) is 5.62. The van der Waals surface area contributed by atoms with Crippen molar-refractivity contribution in [1.29, 1.82) is 0 Å². The normalized spacial score (nSPS) is 12.0. The Labute approximate surface area is 133 Å². The number of hydrogen-bond donors (Lipinski definition) is 1. The largest absolute Gasteiger partial charge is 0.497 e. The van der Waals surface area contributed by atoms with E-state index in [0.29, 0.717) is 13.2 Å². The zero-order valence-electron chi connectivity index (χ0n) is 13.6. The molecule has 0 radical (unpaired) electrons. The minimum Gasteiger partial charge on any atom is -0.497 e. The maximum atomic E-state index is 5.93. The molecule has 0 fully saturated rings. The molecular formula is C19H25NO2. The standard InChI is InChI=1S/C19H25NO2/c1-14-7-8-19(15(2)11-14)22-10-9-17(13-20)16-5-4-6-18(12-16)21-3/h4-8,11-12,17H,9-10,13,20H2,1-3H3. The molecule has 2 aromatic carbocycles. The molecule has 3 heteroatoms. The monoisotopic (exact) mass is 299 g/mol. The van der Waals surface area contributed by atoms with E-state index in [0.717, 1.165) is 17.9 Å². The van der Waals surface area contributed by atoms with Crippen molar-refractivity contribution in [2.24, 2.45) is 5.73 Å². The number of methoxy groups -OCH3 is 1. The van der Waals surface area contributed by atoms with Gasteiger partial charge >= 0.3 is 0 Å². The Morgan fingerprint density at radius 1 is 1.09 bits per heavy atom. The molecule has 118 valence electrons.